The van der Waals surface area contributed by atoms with E-state index in [1.165, 1.54) is 0 Å². The third-order valence-corrected chi connectivity index (χ3v) is 8.74. The third kappa shape index (κ3) is 6.20. The molecule has 0 spiro atoms. The molecule has 0 saturated carbocycles. The summed E-state index contributed by atoms with van der Waals surface area (Å²) in [4.78, 5) is 41.5. The second-order valence-corrected chi connectivity index (χ2v) is 11.8. The first-order valence-corrected chi connectivity index (χ1v) is 15.6. The first-order valence-electron chi connectivity index (χ1n) is 15.6. The predicted octanol–water partition coefficient (Wildman–Crippen LogP) is 7.44. The van der Waals surface area contributed by atoms with Crippen molar-refractivity contribution >= 4 is 29.1 Å². The van der Waals surface area contributed by atoms with Gasteiger partial charge in [-0.3, -0.25) is 19.3 Å². The van der Waals surface area contributed by atoms with Gasteiger partial charge in [0, 0.05) is 47.1 Å². The number of hydrogen-bond acceptors (Lipinski definition) is 3. The maximum Gasteiger partial charge on any atom is 0.263 e. The third-order valence-electron chi connectivity index (χ3n) is 8.74. The van der Waals surface area contributed by atoms with Gasteiger partial charge in [0.25, 0.3) is 17.7 Å². The summed E-state index contributed by atoms with van der Waals surface area (Å²) in [7, 11) is 0. The molecule has 1 atom stereocenters. The van der Waals surface area contributed by atoms with Crippen molar-refractivity contribution < 1.29 is 14.4 Å². The van der Waals surface area contributed by atoms with Crippen LogP contribution in [0.3, 0.4) is 0 Å². The average Bonchev–Trinajstić information content (AvgIpc) is 3.08. The molecule has 5 aromatic carbocycles. The van der Waals surface area contributed by atoms with E-state index in [4.69, 9.17) is 0 Å². The van der Waals surface area contributed by atoms with Crippen LogP contribution in [0.15, 0.2) is 115 Å². The van der Waals surface area contributed by atoms with E-state index in [0.29, 0.717) is 36.2 Å². The lowest BCUT2D eigenvalue weighted by molar-refractivity contribution is 0.0938. The summed E-state index contributed by atoms with van der Waals surface area (Å²) in [5, 5.41) is 6.09. The van der Waals surface area contributed by atoms with Crippen molar-refractivity contribution in [3.05, 3.63) is 165 Å². The van der Waals surface area contributed by atoms with E-state index < -0.39 is 0 Å². The minimum Gasteiger partial charge on any atom is -0.352 e. The number of amides is 3. The largest absolute Gasteiger partial charge is 0.352 e. The molecule has 0 radical (unpaired) electrons. The highest BCUT2D eigenvalue weighted by Gasteiger charge is 2.28. The molecule has 5 aromatic rings. The van der Waals surface area contributed by atoms with Gasteiger partial charge in [-0.15, -0.1) is 0 Å². The lowest BCUT2D eigenvalue weighted by Gasteiger charge is -2.28. The zero-order valence-electron chi connectivity index (χ0n) is 26.3. The molecule has 1 heterocycles. The van der Waals surface area contributed by atoms with Gasteiger partial charge in [-0.1, -0.05) is 72.8 Å². The van der Waals surface area contributed by atoms with Gasteiger partial charge in [0.2, 0.25) is 0 Å². The van der Waals surface area contributed by atoms with Gasteiger partial charge < -0.3 is 10.6 Å². The van der Waals surface area contributed by atoms with Crippen molar-refractivity contribution in [3.8, 4) is 0 Å². The van der Waals surface area contributed by atoms with Crippen LogP contribution in [0.2, 0.25) is 0 Å². The van der Waals surface area contributed by atoms with Gasteiger partial charge in [0.05, 0.1) is 0 Å². The van der Waals surface area contributed by atoms with Crippen molar-refractivity contribution in [3.63, 3.8) is 0 Å². The van der Waals surface area contributed by atoms with Gasteiger partial charge >= 0.3 is 0 Å². The Labute approximate surface area is 270 Å². The monoisotopic (exact) mass is 607 g/mol. The van der Waals surface area contributed by atoms with Crippen molar-refractivity contribution in [1.29, 1.82) is 0 Å². The summed E-state index contributed by atoms with van der Waals surface area (Å²) in [6.07, 6.45) is 0.581. The number of fused-ring (bicyclic) bond motifs is 1. The summed E-state index contributed by atoms with van der Waals surface area (Å²) in [5.41, 5.74) is 9.43. The van der Waals surface area contributed by atoms with Gasteiger partial charge in [-0.25, -0.2) is 0 Å². The zero-order chi connectivity index (χ0) is 32.2. The van der Waals surface area contributed by atoms with Crippen molar-refractivity contribution in [2.24, 2.45) is 0 Å². The molecule has 6 heteroatoms. The Hall–Kier alpha value is -5.49. The van der Waals surface area contributed by atoms with Crippen LogP contribution < -0.4 is 15.5 Å². The number of anilines is 2. The second-order valence-electron chi connectivity index (χ2n) is 11.8. The number of carbonyl (C=O) groups is 3. The summed E-state index contributed by atoms with van der Waals surface area (Å²) in [6.45, 7) is 6.87. The Morgan fingerprint density at radius 3 is 2.07 bits per heavy atom. The summed E-state index contributed by atoms with van der Waals surface area (Å²) in [5.74, 6) is -0.255. The van der Waals surface area contributed by atoms with Crippen LogP contribution in [-0.2, 0) is 6.42 Å². The number of carbonyl (C=O) groups excluding carboxylic acids is 3. The molecule has 230 valence electrons. The molecule has 0 saturated heterocycles. The molecule has 6 rings (SSSR count). The number of rotatable bonds is 8. The highest BCUT2D eigenvalue weighted by Crippen LogP contribution is 2.33. The molecule has 0 fully saturated rings. The second kappa shape index (κ2) is 13.2. The van der Waals surface area contributed by atoms with Gasteiger partial charge in [0.1, 0.15) is 0 Å². The zero-order valence-corrected chi connectivity index (χ0v) is 26.3. The van der Waals surface area contributed by atoms with Crippen LogP contribution in [0.4, 0.5) is 11.4 Å². The van der Waals surface area contributed by atoms with E-state index in [2.05, 4.69) is 16.7 Å². The van der Waals surface area contributed by atoms with E-state index in [9.17, 15) is 14.4 Å². The Kier molecular flexibility index (Phi) is 8.79. The normalized spacial score (nSPS) is 13.8. The number of aryl methyl sites for hydroxylation is 3. The van der Waals surface area contributed by atoms with Crippen LogP contribution in [0.25, 0.3) is 0 Å². The van der Waals surface area contributed by atoms with Crippen LogP contribution >= 0.6 is 0 Å². The minimum absolute atomic E-state index is 0.0304. The molecular weight excluding hydrogens is 570 g/mol. The van der Waals surface area contributed by atoms with Crippen molar-refractivity contribution in [2.45, 2.75) is 33.1 Å². The van der Waals surface area contributed by atoms with Crippen LogP contribution in [-0.4, -0.2) is 30.8 Å². The minimum atomic E-state index is -0.132. The molecule has 6 nitrogen and oxygen atoms in total. The maximum absolute atomic E-state index is 14.0. The van der Waals surface area contributed by atoms with E-state index >= 15 is 0 Å². The number of nitrogens with zero attached hydrogens (tertiary/aromatic N) is 1. The summed E-state index contributed by atoms with van der Waals surface area (Å²) in [6, 6.07) is 37.0. The van der Waals surface area contributed by atoms with Gasteiger partial charge in [0.15, 0.2) is 0 Å². The Morgan fingerprint density at radius 1 is 0.717 bits per heavy atom. The highest BCUT2D eigenvalue weighted by molar-refractivity contribution is 6.11. The molecular formula is C40H37N3O3. The lowest BCUT2D eigenvalue weighted by Crippen LogP contribution is -2.35. The average molecular weight is 608 g/mol. The fraction of sp³-hybridized carbons (Fsp3) is 0.175. The van der Waals surface area contributed by atoms with Crippen LogP contribution in [0, 0.1) is 20.8 Å². The first-order chi connectivity index (χ1) is 22.3. The van der Waals surface area contributed by atoms with Crippen molar-refractivity contribution in [2.75, 3.05) is 18.0 Å². The van der Waals surface area contributed by atoms with Gasteiger partial charge in [-0.2, -0.15) is 0 Å². The fourth-order valence-electron chi connectivity index (χ4n) is 6.27. The Balaban J connectivity index is 1.16. The smallest absolute Gasteiger partial charge is 0.263 e. The Morgan fingerprint density at radius 2 is 1.37 bits per heavy atom. The van der Waals surface area contributed by atoms with E-state index in [-0.39, 0.29) is 23.6 Å². The first kappa shape index (κ1) is 30.5. The molecule has 0 bridgehead atoms. The molecule has 1 aliphatic rings. The Bertz CT molecular complexity index is 1880. The fourth-order valence-corrected chi connectivity index (χ4v) is 6.27. The quantitative estimate of drug-likeness (QED) is 0.193. The maximum atomic E-state index is 14.0. The topological polar surface area (TPSA) is 78.5 Å². The number of nitrogens with one attached hydrogen (secondary N) is 2. The highest BCUT2D eigenvalue weighted by atomic mass is 16.2. The number of para-hydroxylation sites is 2. The molecule has 1 aliphatic heterocycles. The van der Waals surface area contributed by atoms with Crippen LogP contribution in [0.5, 0.6) is 0 Å². The molecule has 46 heavy (non-hydrogen) atoms. The summed E-state index contributed by atoms with van der Waals surface area (Å²) < 4.78 is 0. The number of hydrogen-bond donors (Lipinski definition) is 2. The lowest BCUT2D eigenvalue weighted by atomic mass is 9.82. The van der Waals surface area contributed by atoms with E-state index in [0.717, 1.165) is 44.8 Å². The SMILES string of the molecule is Cc1cc(C2CNC(=O)c3ccccc32)c(C)cc1C(=O)NCCc1ccc(C)c(C(=O)N(c2ccccc2)c2ccccc2)c1. The molecule has 2 N–H and O–H groups in total. The van der Waals surface area contributed by atoms with Crippen LogP contribution in [0.1, 0.15) is 70.4 Å². The molecule has 0 aliphatic carbocycles. The standard InChI is InChI=1S/C40H37N3O3/c1-26-18-19-29(24-36(26)40(46)43(30-12-6-4-7-13-30)31-14-8-5-9-15-31)20-21-41-39(45)35-23-27(2)34(22-28(35)3)37-25-42-38(44)33-17-11-10-16-32(33)37/h4-19,22-24,37H,20-21,25H2,1-3H3,(H,41,45)(H,42,44). The van der Waals surface area contributed by atoms with E-state index in [1.54, 1.807) is 4.90 Å². The summed E-state index contributed by atoms with van der Waals surface area (Å²) >= 11 is 0. The predicted molar refractivity (Wildman–Crippen MR) is 183 cm³/mol. The number of benzene rings is 5. The van der Waals surface area contributed by atoms with Crippen molar-refractivity contribution in [1.82, 2.24) is 10.6 Å². The molecule has 3 amide bonds. The van der Waals surface area contributed by atoms with E-state index in [1.807, 2.05) is 130 Å². The molecule has 0 aromatic heterocycles. The van der Waals surface area contributed by atoms with Gasteiger partial charge in [-0.05, 0) is 103 Å². The molecule has 1 unspecified atom stereocenters.